The molecule has 0 saturated carbocycles. The van der Waals surface area contributed by atoms with Gasteiger partial charge in [-0.15, -0.1) is 0 Å². The van der Waals surface area contributed by atoms with Crippen LogP contribution in [0.4, 0.5) is 5.69 Å². The molecule has 1 aliphatic heterocycles. The average Bonchev–Trinajstić information content (AvgIpc) is 2.20. The first kappa shape index (κ1) is 11.5. The molecule has 0 aromatic heterocycles. The summed E-state index contributed by atoms with van der Waals surface area (Å²) in [6.45, 7) is 2.97. The van der Waals surface area contributed by atoms with Crippen molar-refractivity contribution in [1.82, 2.24) is 0 Å². The number of rotatable bonds is 2. The number of methoxy groups -OCH3 is 1. The molecule has 1 aliphatic rings. The summed E-state index contributed by atoms with van der Waals surface area (Å²) in [6, 6.07) is 5.98. The lowest BCUT2D eigenvalue weighted by Gasteiger charge is -2.41. The zero-order valence-corrected chi connectivity index (χ0v) is 11.0. The Morgan fingerprint density at radius 1 is 1.56 bits per heavy atom. The van der Waals surface area contributed by atoms with E-state index in [1.165, 1.54) is 12.7 Å². The summed E-state index contributed by atoms with van der Waals surface area (Å²) < 4.78 is 5.84. The molecule has 0 bridgehead atoms. The molecule has 1 heterocycles. The second kappa shape index (κ2) is 4.45. The monoisotopic (exact) mass is 283 g/mol. The molecule has 4 heteroatoms. The zero-order chi connectivity index (χ0) is 11.7. The molecule has 1 aromatic carbocycles. The second-order valence-electron chi connectivity index (χ2n) is 3.95. The summed E-state index contributed by atoms with van der Waals surface area (Å²) in [5.74, 6) is -0.145. The molecule has 0 spiro atoms. The maximum Gasteiger partial charge on any atom is 0.328 e. The first-order chi connectivity index (χ1) is 7.63. The lowest BCUT2D eigenvalue weighted by atomic mass is 10.0. The van der Waals surface area contributed by atoms with E-state index < -0.39 is 0 Å². The molecule has 1 aromatic rings. The molecule has 3 nitrogen and oxygen atoms in total. The first-order valence-corrected chi connectivity index (χ1v) is 6.03. The van der Waals surface area contributed by atoms with Gasteiger partial charge in [-0.2, -0.15) is 0 Å². The van der Waals surface area contributed by atoms with Gasteiger partial charge in [0.05, 0.1) is 7.11 Å². The summed E-state index contributed by atoms with van der Waals surface area (Å²) in [5, 5.41) is 0. The largest absolute Gasteiger partial charge is 0.467 e. The number of esters is 1. The zero-order valence-electron chi connectivity index (χ0n) is 9.37. The van der Waals surface area contributed by atoms with E-state index in [2.05, 4.69) is 26.9 Å². The highest BCUT2D eigenvalue weighted by Gasteiger charge is 2.35. The standard InChI is InChI=1S/C12H14BrNO2/c1-8-7-9(13)3-4-10(8)14-6-5-11(14)12(15)16-2/h3-4,7,11H,5-6H2,1-2H3. The molecule has 1 fully saturated rings. The minimum atomic E-state index is -0.145. The highest BCUT2D eigenvalue weighted by Crippen LogP contribution is 2.31. The number of nitrogens with zero attached hydrogens (tertiary/aromatic N) is 1. The van der Waals surface area contributed by atoms with Gasteiger partial charge >= 0.3 is 5.97 Å². The summed E-state index contributed by atoms with van der Waals surface area (Å²) in [5.41, 5.74) is 2.29. The maximum atomic E-state index is 11.5. The van der Waals surface area contributed by atoms with Crippen molar-refractivity contribution in [3.63, 3.8) is 0 Å². The van der Waals surface area contributed by atoms with E-state index in [-0.39, 0.29) is 12.0 Å². The molecule has 86 valence electrons. The Morgan fingerprint density at radius 3 is 2.81 bits per heavy atom. The summed E-state index contributed by atoms with van der Waals surface area (Å²) >= 11 is 3.43. The van der Waals surface area contributed by atoms with Gasteiger partial charge in [0.25, 0.3) is 0 Å². The molecule has 2 rings (SSSR count). The SMILES string of the molecule is COC(=O)C1CCN1c1ccc(Br)cc1C. The Labute approximate surface area is 104 Å². The molecule has 0 radical (unpaired) electrons. The topological polar surface area (TPSA) is 29.5 Å². The molecule has 1 saturated heterocycles. The maximum absolute atomic E-state index is 11.5. The Morgan fingerprint density at radius 2 is 2.31 bits per heavy atom. The lowest BCUT2D eigenvalue weighted by Crippen LogP contribution is -2.53. The van der Waals surface area contributed by atoms with Crippen molar-refractivity contribution in [3.8, 4) is 0 Å². The van der Waals surface area contributed by atoms with E-state index in [0.29, 0.717) is 0 Å². The van der Waals surface area contributed by atoms with Crippen LogP contribution < -0.4 is 4.90 Å². The molecular formula is C12H14BrNO2. The van der Waals surface area contributed by atoms with Crippen LogP contribution in [0.25, 0.3) is 0 Å². The minimum Gasteiger partial charge on any atom is -0.467 e. The average molecular weight is 284 g/mol. The lowest BCUT2D eigenvalue weighted by molar-refractivity contribution is -0.143. The van der Waals surface area contributed by atoms with Gasteiger partial charge in [0, 0.05) is 16.7 Å². The molecule has 0 aliphatic carbocycles. The fourth-order valence-electron chi connectivity index (χ4n) is 2.00. The van der Waals surface area contributed by atoms with Crippen LogP contribution in [-0.2, 0) is 9.53 Å². The quantitative estimate of drug-likeness (QED) is 0.781. The third-order valence-electron chi connectivity index (χ3n) is 2.96. The van der Waals surface area contributed by atoms with Gasteiger partial charge in [-0.05, 0) is 37.1 Å². The van der Waals surface area contributed by atoms with Gasteiger partial charge in [0.1, 0.15) is 6.04 Å². The van der Waals surface area contributed by atoms with Crippen molar-refractivity contribution in [2.45, 2.75) is 19.4 Å². The molecule has 0 amide bonds. The van der Waals surface area contributed by atoms with E-state index in [0.717, 1.165) is 23.1 Å². The van der Waals surface area contributed by atoms with Crippen LogP contribution in [0.2, 0.25) is 0 Å². The predicted molar refractivity (Wildman–Crippen MR) is 66.6 cm³/mol. The van der Waals surface area contributed by atoms with Crippen LogP contribution in [0.5, 0.6) is 0 Å². The van der Waals surface area contributed by atoms with Crippen LogP contribution in [0.3, 0.4) is 0 Å². The van der Waals surface area contributed by atoms with Gasteiger partial charge in [-0.1, -0.05) is 15.9 Å². The van der Waals surface area contributed by atoms with Crippen molar-refractivity contribution in [1.29, 1.82) is 0 Å². The van der Waals surface area contributed by atoms with Gasteiger partial charge in [0.15, 0.2) is 0 Å². The fourth-order valence-corrected chi connectivity index (χ4v) is 2.47. The van der Waals surface area contributed by atoms with Crippen LogP contribution >= 0.6 is 15.9 Å². The predicted octanol–water partition coefficient (Wildman–Crippen LogP) is 2.51. The highest BCUT2D eigenvalue weighted by atomic mass is 79.9. The summed E-state index contributed by atoms with van der Waals surface area (Å²) in [6.07, 6.45) is 0.877. The highest BCUT2D eigenvalue weighted by molar-refractivity contribution is 9.10. The number of anilines is 1. The third-order valence-corrected chi connectivity index (χ3v) is 3.45. The number of carbonyl (C=O) groups is 1. The number of carbonyl (C=O) groups excluding carboxylic acids is 1. The van der Waals surface area contributed by atoms with E-state index in [4.69, 9.17) is 4.74 Å². The van der Waals surface area contributed by atoms with Crippen molar-refractivity contribution in [3.05, 3.63) is 28.2 Å². The van der Waals surface area contributed by atoms with E-state index in [1.807, 2.05) is 19.1 Å². The molecule has 16 heavy (non-hydrogen) atoms. The number of aryl methyl sites for hydroxylation is 1. The number of hydrogen-bond acceptors (Lipinski definition) is 3. The first-order valence-electron chi connectivity index (χ1n) is 5.24. The Hall–Kier alpha value is -1.03. The summed E-state index contributed by atoms with van der Waals surface area (Å²) in [4.78, 5) is 13.6. The van der Waals surface area contributed by atoms with Gasteiger partial charge in [0.2, 0.25) is 0 Å². The molecule has 1 atom stereocenters. The van der Waals surface area contributed by atoms with Crippen molar-refractivity contribution in [2.24, 2.45) is 0 Å². The van der Waals surface area contributed by atoms with Crippen LogP contribution in [0, 0.1) is 6.92 Å². The Bertz CT molecular complexity index is 419. The van der Waals surface area contributed by atoms with Crippen LogP contribution in [0.1, 0.15) is 12.0 Å². The summed E-state index contributed by atoms with van der Waals surface area (Å²) in [7, 11) is 1.44. The third kappa shape index (κ3) is 1.94. The molecule has 0 N–H and O–H groups in total. The van der Waals surface area contributed by atoms with Gasteiger partial charge in [-0.25, -0.2) is 4.79 Å². The number of hydrogen-bond donors (Lipinski definition) is 0. The van der Waals surface area contributed by atoms with Crippen molar-refractivity contribution >= 4 is 27.6 Å². The molecular weight excluding hydrogens is 270 g/mol. The number of halogens is 1. The van der Waals surface area contributed by atoms with Crippen LogP contribution in [-0.4, -0.2) is 25.7 Å². The fraction of sp³-hybridized carbons (Fsp3) is 0.417. The molecule has 1 unspecified atom stereocenters. The normalized spacial score (nSPS) is 19.2. The number of benzene rings is 1. The van der Waals surface area contributed by atoms with E-state index in [9.17, 15) is 4.79 Å². The number of ether oxygens (including phenoxy) is 1. The van der Waals surface area contributed by atoms with Gasteiger partial charge < -0.3 is 9.64 Å². The smallest absolute Gasteiger partial charge is 0.328 e. The van der Waals surface area contributed by atoms with Crippen LogP contribution in [0.15, 0.2) is 22.7 Å². The second-order valence-corrected chi connectivity index (χ2v) is 4.87. The Kier molecular flexibility index (Phi) is 3.19. The Balaban J connectivity index is 2.22. The van der Waals surface area contributed by atoms with Crippen molar-refractivity contribution < 1.29 is 9.53 Å². The van der Waals surface area contributed by atoms with Gasteiger partial charge in [-0.3, -0.25) is 0 Å². The minimum absolute atomic E-state index is 0.107. The van der Waals surface area contributed by atoms with Crippen molar-refractivity contribution in [2.75, 3.05) is 18.6 Å². The van der Waals surface area contributed by atoms with E-state index in [1.54, 1.807) is 0 Å². The van der Waals surface area contributed by atoms with E-state index >= 15 is 0 Å².